The van der Waals surface area contributed by atoms with E-state index in [4.69, 9.17) is 5.73 Å². The van der Waals surface area contributed by atoms with Gasteiger partial charge in [-0.05, 0) is 12.3 Å². The molecule has 3 nitrogen and oxygen atoms in total. The number of nitrogens with zero attached hydrogens (tertiary/aromatic N) is 2. The van der Waals surface area contributed by atoms with Crippen LogP contribution < -0.4 is 5.73 Å². The Morgan fingerprint density at radius 3 is 2.82 bits per heavy atom. The first-order valence-corrected chi connectivity index (χ1v) is 3.79. The summed E-state index contributed by atoms with van der Waals surface area (Å²) in [4.78, 5) is 8.16. The van der Waals surface area contributed by atoms with Crippen LogP contribution in [0.1, 0.15) is 19.0 Å². The van der Waals surface area contributed by atoms with Crippen molar-refractivity contribution in [2.45, 2.75) is 18.9 Å². The predicted molar refractivity (Wildman–Crippen MR) is 41.7 cm³/mol. The largest absolute Gasteiger partial charge is 0.320 e. The molecule has 1 aliphatic rings. The van der Waals surface area contributed by atoms with E-state index in [9.17, 15) is 0 Å². The lowest BCUT2D eigenvalue weighted by Gasteiger charge is -2.06. The fraction of sp³-hybridized carbons (Fsp3) is 0.500. The molecule has 1 aromatic heterocycles. The maximum Gasteiger partial charge on any atom is 0.0788 e. The second-order valence-corrected chi connectivity index (χ2v) is 3.24. The Morgan fingerprint density at radius 2 is 2.36 bits per heavy atom. The van der Waals surface area contributed by atoms with E-state index in [-0.39, 0.29) is 5.54 Å². The molecule has 1 aliphatic carbocycles. The standard InChI is InChI=1S/C8H11N3/c1-6-4-8(6,9)7-5-10-2-3-11-7/h2-3,5-6H,4,9H2,1H3. The van der Waals surface area contributed by atoms with Crippen molar-refractivity contribution in [2.24, 2.45) is 11.7 Å². The van der Waals surface area contributed by atoms with Crippen LogP contribution in [0.15, 0.2) is 18.6 Å². The molecular formula is C8H11N3. The van der Waals surface area contributed by atoms with Gasteiger partial charge in [0.1, 0.15) is 0 Å². The van der Waals surface area contributed by atoms with Gasteiger partial charge in [-0.3, -0.25) is 9.97 Å². The summed E-state index contributed by atoms with van der Waals surface area (Å²) >= 11 is 0. The maximum absolute atomic E-state index is 6.01. The van der Waals surface area contributed by atoms with E-state index in [0.717, 1.165) is 12.1 Å². The summed E-state index contributed by atoms with van der Waals surface area (Å²) in [6.07, 6.45) is 6.14. The molecule has 2 N–H and O–H groups in total. The van der Waals surface area contributed by atoms with Crippen molar-refractivity contribution in [1.29, 1.82) is 0 Å². The van der Waals surface area contributed by atoms with Gasteiger partial charge in [0.2, 0.25) is 0 Å². The number of hydrogen-bond donors (Lipinski definition) is 1. The molecule has 0 saturated heterocycles. The Kier molecular flexibility index (Phi) is 1.23. The Labute approximate surface area is 65.7 Å². The molecule has 58 valence electrons. The van der Waals surface area contributed by atoms with Gasteiger partial charge >= 0.3 is 0 Å². The lowest BCUT2D eigenvalue weighted by molar-refractivity contribution is 0.637. The minimum Gasteiger partial charge on any atom is -0.320 e. The first kappa shape index (κ1) is 6.73. The van der Waals surface area contributed by atoms with E-state index in [1.807, 2.05) is 0 Å². The van der Waals surface area contributed by atoms with Crippen LogP contribution in [0, 0.1) is 5.92 Å². The molecule has 11 heavy (non-hydrogen) atoms. The molecule has 0 aromatic carbocycles. The van der Waals surface area contributed by atoms with E-state index in [0.29, 0.717) is 5.92 Å². The molecule has 1 saturated carbocycles. The first-order chi connectivity index (χ1) is 5.23. The van der Waals surface area contributed by atoms with Crippen LogP contribution in [-0.4, -0.2) is 9.97 Å². The van der Waals surface area contributed by atoms with Gasteiger partial charge in [0.05, 0.1) is 17.4 Å². The highest BCUT2D eigenvalue weighted by atomic mass is 14.9. The molecule has 0 amide bonds. The van der Waals surface area contributed by atoms with E-state index in [2.05, 4.69) is 16.9 Å². The highest BCUT2D eigenvalue weighted by molar-refractivity contribution is 5.21. The smallest absolute Gasteiger partial charge is 0.0788 e. The zero-order valence-corrected chi connectivity index (χ0v) is 6.49. The van der Waals surface area contributed by atoms with Crippen molar-refractivity contribution < 1.29 is 0 Å². The SMILES string of the molecule is CC1CC1(N)c1cnccn1. The van der Waals surface area contributed by atoms with Crippen molar-refractivity contribution in [2.75, 3.05) is 0 Å². The van der Waals surface area contributed by atoms with Gasteiger partial charge in [-0.15, -0.1) is 0 Å². The van der Waals surface area contributed by atoms with Crippen LogP contribution in [0.3, 0.4) is 0 Å². The number of rotatable bonds is 1. The van der Waals surface area contributed by atoms with E-state index < -0.39 is 0 Å². The second-order valence-electron chi connectivity index (χ2n) is 3.24. The number of aromatic nitrogens is 2. The molecule has 1 aromatic rings. The van der Waals surface area contributed by atoms with Crippen LogP contribution in [0.4, 0.5) is 0 Å². The monoisotopic (exact) mass is 149 g/mol. The van der Waals surface area contributed by atoms with Crippen molar-refractivity contribution in [1.82, 2.24) is 9.97 Å². The zero-order valence-electron chi connectivity index (χ0n) is 6.49. The Bertz CT molecular complexity index is 259. The van der Waals surface area contributed by atoms with Crippen molar-refractivity contribution in [3.05, 3.63) is 24.3 Å². The molecule has 2 unspecified atom stereocenters. The van der Waals surface area contributed by atoms with Crippen molar-refractivity contribution in [3.8, 4) is 0 Å². The van der Waals surface area contributed by atoms with Crippen LogP contribution in [0.5, 0.6) is 0 Å². The topological polar surface area (TPSA) is 51.8 Å². The van der Waals surface area contributed by atoms with Crippen LogP contribution in [0.2, 0.25) is 0 Å². The third-order valence-electron chi connectivity index (χ3n) is 2.40. The highest BCUT2D eigenvalue weighted by Gasteiger charge is 2.50. The van der Waals surface area contributed by atoms with Gasteiger partial charge in [-0.1, -0.05) is 6.92 Å². The quantitative estimate of drug-likeness (QED) is 0.638. The van der Waals surface area contributed by atoms with Gasteiger partial charge in [0, 0.05) is 12.4 Å². The summed E-state index contributed by atoms with van der Waals surface area (Å²) in [6.45, 7) is 2.13. The summed E-state index contributed by atoms with van der Waals surface area (Å²) in [5.74, 6) is 0.555. The predicted octanol–water partition coefficient (Wildman–Crippen LogP) is 0.670. The summed E-state index contributed by atoms with van der Waals surface area (Å²) in [6, 6.07) is 0. The second kappa shape index (κ2) is 2.01. The third kappa shape index (κ3) is 0.922. The highest BCUT2D eigenvalue weighted by Crippen LogP contribution is 2.47. The lowest BCUT2D eigenvalue weighted by atomic mass is 10.1. The Hall–Kier alpha value is -0.960. The average Bonchev–Trinajstić information content (AvgIpc) is 2.64. The normalized spacial score (nSPS) is 35.3. The molecule has 0 aliphatic heterocycles. The fourth-order valence-electron chi connectivity index (χ4n) is 1.34. The molecule has 0 radical (unpaired) electrons. The van der Waals surface area contributed by atoms with Gasteiger partial charge < -0.3 is 5.73 Å². The minimum atomic E-state index is -0.172. The molecular weight excluding hydrogens is 138 g/mol. The summed E-state index contributed by atoms with van der Waals surface area (Å²) in [5.41, 5.74) is 6.76. The zero-order chi connectivity index (χ0) is 7.90. The van der Waals surface area contributed by atoms with Crippen LogP contribution in [0.25, 0.3) is 0 Å². The molecule has 2 atom stereocenters. The summed E-state index contributed by atoms with van der Waals surface area (Å²) in [5, 5.41) is 0. The lowest BCUT2D eigenvalue weighted by Crippen LogP contribution is -2.22. The maximum atomic E-state index is 6.01. The van der Waals surface area contributed by atoms with Gasteiger partial charge in [0.25, 0.3) is 0 Å². The average molecular weight is 149 g/mol. The molecule has 0 spiro atoms. The Morgan fingerprint density at radius 1 is 1.64 bits per heavy atom. The molecule has 0 bridgehead atoms. The van der Waals surface area contributed by atoms with Crippen LogP contribution >= 0.6 is 0 Å². The van der Waals surface area contributed by atoms with E-state index in [1.54, 1.807) is 18.6 Å². The van der Waals surface area contributed by atoms with Crippen molar-refractivity contribution in [3.63, 3.8) is 0 Å². The molecule has 3 heteroatoms. The van der Waals surface area contributed by atoms with E-state index in [1.165, 1.54) is 0 Å². The van der Waals surface area contributed by atoms with Gasteiger partial charge in [0.15, 0.2) is 0 Å². The Balaban J connectivity index is 2.32. The number of hydrogen-bond acceptors (Lipinski definition) is 3. The van der Waals surface area contributed by atoms with E-state index >= 15 is 0 Å². The number of nitrogens with two attached hydrogens (primary N) is 1. The molecule has 1 heterocycles. The summed E-state index contributed by atoms with van der Waals surface area (Å²) in [7, 11) is 0. The fourth-order valence-corrected chi connectivity index (χ4v) is 1.34. The van der Waals surface area contributed by atoms with Crippen LogP contribution in [-0.2, 0) is 5.54 Å². The van der Waals surface area contributed by atoms with Crippen molar-refractivity contribution >= 4 is 0 Å². The minimum absolute atomic E-state index is 0.172. The first-order valence-electron chi connectivity index (χ1n) is 3.79. The molecule has 1 fully saturated rings. The molecule has 2 rings (SSSR count). The summed E-state index contributed by atoms with van der Waals surface area (Å²) < 4.78 is 0. The van der Waals surface area contributed by atoms with Gasteiger partial charge in [-0.25, -0.2) is 0 Å². The third-order valence-corrected chi connectivity index (χ3v) is 2.40. The van der Waals surface area contributed by atoms with Gasteiger partial charge in [-0.2, -0.15) is 0 Å².